The molecule has 0 unspecified atom stereocenters. The molecule has 0 saturated carbocycles. The standard InChI is InChI=1S/C52H56N2OSi/c1-29-19-33(5)47(34(6)20-29)53(48-35(7)21-30(2)22-36(48)8)41-16-18-46-44(27-41)51-52(56(46,13)14)43-17-15-42(28-45(43)55-51)54(49-37(9)23-31(3)24-38(49)10)50-39(11)25-32(4)26-40(50)12/h15-28H,1-14H3. The van der Waals surface area contributed by atoms with Gasteiger partial charge in [0.2, 0.25) is 0 Å². The van der Waals surface area contributed by atoms with Crippen LogP contribution in [0.4, 0.5) is 34.1 Å². The predicted molar refractivity (Wildman–Crippen MR) is 245 cm³/mol. The Kier molecular flexibility index (Phi) is 9.00. The average molecular weight is 753 g/mol. The monoisotopic (exact) mass is 752 g/mol. The number of aryl methyl sites for hydroxylation is 12. The molecule has 0 atom stereocenters. The van der Waals surface area contributed by atoms with Crippen LogP contribution in [0.3, 0.4) is 0 Å². The molecule has 0 bridgehead atoms. The highest BCUT2D eigenvalue weighted by molar-refractivity contribution is 7.05. The largest absolute Gasteiger partial charge is 0.456 e. The van der Waals surface area contributed by atoms with Crippen LogP contribution in [0.15, 0.2) is 89.3 Å². The van der Waals surface area contributed by atoms with Gasteiger partial charge in [0.1, 0.15) is 19.4 Å². The van der Waals surface area contributed by atoms with E-state index < -0.39 is 8.07 Å². The number of rotatable bonds is 6. The lowest BCUT2D eigenvalue weighted by Gasteiger charge is -2.32. The second-order valence-electron chi connectivity index (χ2n) is 17.5. The first-order valence-corrected chi connectivity index (χ1v) is 23.1. The molecule has 0 spiro atoms. The maximum atomic E-state index is 7.16. The van der Waals surface area contributed by atoms with Gasteiger partial charge in [0.05, 0.1) is 22.7 Å². The first-order valence-electron chi connectivity index (χ1n) is 20.1. The van der Waals surface area contributed by atoms with Crippen molar-refractivity contribution in [3.63, 3.8) is 0 Å². The lowest BCUT2D eigenvalue weighted by Crippen LogP contribution is -2.49. The fraction of sp³-hybridized carbons (Fsp3) is 0.269. The second-order valence-corrected chi connectivity index (χ2v) is 21.8. The molecular formula is C52H56N2OSi. The minimum Gasteiger partial charge on any atom is -0.456 e. The van der Waals surface area contributed by atoms with Gasteiger partial charge in [0, 0.05) is 28.4 Å². The van der Waals surface area contributed by atoms with Gasteiger partial charge in [-0.05, 0) is 162 Å². The van der Waals surface area contributed by atoms with E-state index in [1.54, 1.807) is 0 Å². The van der Waals surface area contributed by atoms with Crippen LogP contribution in [0.25, 0.3) is 22.3 Å². The molecule has 1 aliphatic heterocycles. The normalized spacial score (nSPS) is 13.0. The van der Waals surface area contributed by atoms with Crippen molar-refractivity contribution in [3.05, 3.63) is 152 Å². The SMILES string of the molecule is Cc1cc(C)c(N(c2ccc3c(c2)-c2oc4cc(N(c5c(C)cc(C)cc5C)c5c(C)cc(C)cc5C)ccc4c2[Si]3(C)C)c2c(C)cc(C)cc2C)c(C)c1. The minimum atomic E-state index is -2.12. The molecule has 0 fully saturated rings. The van der Waals surface area contributed by atoms with Crippen LogP contribution in [0.5, 0.6) is 0 Å². The Morgan fingerprint density at radius 1 is 0.411 bits per heavy atom. The first kappa shape index (κ1) is 37.6. The summed E-state index contributed by atoms with van der Waals surface area (Å²) in [5.41, 5.74) is 24.7. The zero-order valence-electron chi connectivity index (χ0n) is 35.9. The summed E-state index contributed by atoms with van der Waals surface area (Å²) < 4.78 is 7.16. The molecule has 1 aliphatic rings. The summed E-state index contributed by atoms with van der Waals surface area (Å²) in [6.07, 6.45) is 0. The van der Waals surface area contributed by atoms with E-state index in [1.165, 1.54) is 111 Å². The number of furan rings is 1. The third kappa shape index (κ3) is 5.92. The zero-order chi connectivity index (χ0) is 40.1. The van der Waals surface area contributed by atoms with Crippen molar-refractivity contribution in [3.8, 4) is 11.3 Å². The lowest BCUT2D eigenvalue weighted by molar-refractivity contribution is 0.635. The molecule has 284 valence electrons. The van der Waals surface area contributed by atoms with Crippen LogP contribution in [-0.2, 0) is 0 Å². The fourth-order valence-electron chi connectivity index (χ4n) is 10.4. The van der Waals surface area contributed by atoms with E-state index in [9.17, 15) is 0 Å². The van der Waals surface area contributed by atoms with Crippen LogP contribution in [0.1, 0.15) is 66.8 Å². The Hall–Kier alpha value is -5.32. The van der Waals surface area contributed by atoms with E-state index in [4.69, 9.17) is 4.42 Å². The topological polar surface area (TPSA) is 19.6 Å². The van der Waals surface area contributed by atoms with Crippen LogP contribution >= 0.6 is 0 Å². The molecule has 0 amide bonds. The predicted octanol–water partition coefficient (Wildman–Crippen LogP) is 13.9. The van der Waals surface area contributed by atoms with Crippen LogP contribution in [0, 0.1) is 83.1 Å². The Morgan fingerprint density at radius 2 is 0.750 bits per heavy atom. The molecular weight excluding hydrogens is 697 g/mol. The smallest absolute Gasteiger partial charge is 0.136 e. The van der Waals surface area contributed by atoms with E-state index in [-0.39, 0.29) is 0 Å². The maximum absolute atomic E-state index is 7.16. The van der Waals surface area contributed by atoms with Gasteiger partial charge >= 0.3 is 0 Å². The van der Waals surface area contributed by atoms with Gasteiger partial charge < -0.3 is 14.2 Å². The van der Waals surface area contributed by atoms with Gasteiger partial charge in [0.25, 0.3) is 0 Å². The molecule has 0 saturated heterocycles. The van der Waals surface area contributed by atoms with Crippen molar-refractivity contribution in [1.82, 2.24) is 0 Å². The van der Waals surface area contributed by atoms with Gasteiger partial charge in [-0.1, -0.05) is 89.9 Å². The third-order valence-corrected chi connectivity index (χ3v) is 15.7. The molecule has 1 aromatic heterocycles. The summed E-state index contributed by atoms with van der Waals surface area (Å²) in [6, 6.07) is 32.6. The Labute approximate surface area is 335 Å². The molecule has 0 aliphatic carbocycles. The molecule has 56 heavy (non-hydrogen) atoms. The molecule has 0 radical (unpaired) electrons. The van der Waals surface area contributed by atoms with Crippen LogP contribution in [0.2, 0.25) is 13.1 Å². The number of benzene rings is 6. The Morgan fingerprint density at radius 3 is 1.12 bits per heavy atom. The minimum absolute atomic E-state index is 0.950. The number of hydrogen-bond acceptors (Lipinski definition) is 3. The van der Waals surface area contributed by atoms with Gasteiger partial charge in [-0.15, -0.1) is 0 Å². The van der Waals surface area contributed by atoms with Gasteiger partial charge in [0.15, 0.2) is 0 Å². The average Bonchev–Trinajstić information content (AvgIpc) is 3.57. The number of hydrogen-bond donors (Lipinski definition) is 0. The first-order chi connectivity index (χ1) is 26.5. The van der Waals surface area contributed by atoms with E-state index in [2.05, 4.69) is 191 Å². The molecule has 8 rings (SSSR count). The van der Waals surface area contributed by atoms with Crippen molar-refractivity contribution < 1.29 is 4.42 Å². The highest BCUT2D eigenvalue weighted by Gasteiger charge is 2.42. The van der Waals surface area contributed by atoms with Crippen LogP contribution < -0.4 is 20.2 Å². The lowest BCUT2D eigenvalue weighted by atomic mass is 9.98. The highest BCUT2D eigenvalue weighted by atomic mass is 28.3. The second kappa shape index (κ2) is 13.4. The van der Waals surface area contributed by atoms with E-state index in [0.717, 1.165) is 22.7 Å². The fourth-order valence-corrected chi connectivity index (χ4v) is 13.7. The number of anilines is 6. The molecule has 2 heterocycles. The van der Waals surface area contributed by atoms with Crippen molar-refractivity contribution in [2.45, 2.75) is 96.2 Å². The van der Waals surface area contributed by atoms with Crippen molar-refractivity contribution in [2.24, 2.45) is 0 Å². The van der Waals surface area contributed by atoms with E-state index in [1.807, 2.05) is 0 Å². The number of fused-ring (bicyclic) bond motifs is 5. The number of nitrogens with zero attached hydrogens (tertiary/aromatic N) is 2. The maximum Gasteiger partial charge on any atom is 0.136 e. The van der Waals surface area contributed by atoms with Crippen molar-refractivity contribution in [1.29, 1.82) is 0 Å². The van der Waals surface area contributed by atoms with Crippen molar-refractivity contribution in [2.75, 3.05) is 9.80 Å². The van der Waals surface area contributed by atoms with E-state index >= 15 is 0 Å². The summed E-state index contributed by atoms with van der Waals surface area (Å²) in [7, 11) is -2.12. The molecule has 6 aromatic carbocycles. The molecule has 7 aromatic rings. The van der Waals surface area contributed by atoms with E-state index in [0.29, 0.717) is 0 Å². The highest BCUT2D eigenvalue weighted by Crippen LogP contribution is 2.47. The van der Waals surface area contributed by atoms with Gasteiger partial charge in [-0.25, -0.2) is 0 Å². The summed E-state index contributed by atoms with van der Waals surface area (Å²) in [5, 5.41) is 4.08. The van der Waals surface area contributed by atoms with Crippen molar-refractivity contribution >= 4 is 63.5 Å². The van der Waals surface area contributed by atoms with Gasteiger partial charge in [-0.3, -0.25) is 0 Å². The molecule has 0 N–H and O–H groups in total. The third-order valence-electron chi connectivity index (χ3n) is 12.2. The Bertz CT molecular complexity index is 2560. The molecule has 4 heteroatoms. The summed E-state index contributed by atoms with van der Waals surface area (Å²) in [4.78, 5) is 4.99. The van der Waals surface area contributed by atoms with Gasteiger partial charge in [-0.2, -0.15) is 0 Å². The summed E-state index contributed by atoms with van der Waals surface area (Å²) in [6.45, 7) is 31.7. The zero-order valence-corrected chi connectivity index (χ0v) is 36.9. The van der Waals surface area contributed by atoms with Crippen LogP contribution in [-0.4, -0.2) is 8.07 Å². The summed E-state index contributed by atoms with van der Waals surface area (Å²) in [5.74, 6) is 1.04. The Balaban J connectivity index is 1.34. The summed E-state index contributed by atoms with van der Waals surface area (Å²) >= 11 is 0. The molecule has 3 nitrogen and oxygen atoms in total. The quantitative estimate of drug-likeness (QED) is 0.158.